The van der Waals surface area contributed by atoms with Gasteiger partial charge in [0.1, 0.15) is 5.75 Å². The van der Waals surface area contributed by atoms with Crippen LogP contribution < -0.4 is 15.8 Å². The second-order valence-corrected chi connectivity index (χ2v) is 4.77. The SMILES string of the molecule is COc1ccc2cc(C(C)C(=O)NCCN)ccc2c1. The molecule has 106 valence electrons. The van der Waals surface area contributed by atoms with E-state index in [2.05, 4.69) is 5.32 Å². The summed E-state index contributed by atoms with van der Waals surface area (Å²) in [5, 5.41) is 5.01. The second kappa shape index (κ2) is 6.39. The van der Waals surface area contributed by atoms with E-state index in [0.29, 0.717) is 13.1 Å². The molecule has 0 aliphatic rings. The number of nitrogens with one attached hydrogen (secondary N) is 1. The number of rotatable bonds is 5. The third-order valence-electron chi connectivity index (χ3n) is 3.41. The summed E-state index contributed by atoms with van der Waals surface area (Å²) in [6.07, 6.45) is 0. The quantitative estimate of drug-likeness (QED) is 0.875. The van der Waals surface area contributed by atoms with E-state index in [-0.39, 0.29) is 11.8 Å². The number of methoxy groups -OCH3 is 1. The fourth-order valence-corrected chi connectivity index (χ4v) is 2.14. The Morgan fingerprint density at radius 2 is 1.95 bits per heavy atom. The number of ether oxygens (including phenoxy) is 1. The number of benzene rings is 2. The van der Waals surface area contributed by atoms with Crippen LogP contribution in [-0.2, 0) is 4.79 Å². The molecule has 2 aromatic carbocycles. The molecule has 4 nitrogen and oxygen atoms in total. The summed E-state index contributed by atoms with van der Waals surface area (Å²) < 4.78 is 5.21. The van der Waals surface area contributed by atoms with Crippen LogP contribution in [0.1, 0.15) is 18.4 Å². The van der Waals surface area contributed by atoms with Gasteiger partial charge in [0.15, 0.2) is 0 Å². The van der Waals surface area contributed by atoms with Gasteiger partial charge in [-0.1, -0.05) is 24.3 Å². The molecule has 2 aromatic rings. The van der Waals surface area contributed by atoms with Crippen LogP contribution in [0, 0.1) is 0 Å². The first-order valence-corrected chi connectivity index (χ1v) is 6.71. The highest BCUT2D eigenvalue weighted by atomic mass is 16.5. The van der Waals surface area contributed by atoms with Gasteiger partial charge >= 0.3 is 0 Å². The first-order chi connectivity index (χ1) is 9.65. The Labute approximate surface area is 118 Å². The third kappa shape index (κ3) is 3.08. The van der Waals surface area contributed by atoms with E-state index in [1.807, 2.05) is 43.3 Å². The Morgan fingerprint density at radius 3 is 2.65 bits per heavy atom. The van der Waals surface area contributed by atoms with Crippen LogP contribution in [0.25, 0.3) is 10.8 Å². The average Bonchev–Trinajstić information content (AvgIpc) is 2.50. The van der Waals surface area contributed by atoms with Gasteiger partial charge in [0.2, 0.25) is 5.91 Å². The van der Waals surface area contributed by atoms with E-state index >= 15 is 0 Å². The van der Waals surface area contributed by atoms with Gasteiger partial charge in [-0.05, 0) is 35.4 Å². The topological polar surface area (TPSA) is 64.3 Å². The van der Waals surface area contributed by atoms with Gasteiger partial charge in [-0.25, -0.2) is 0 Å². The van der Waals surface area contributed by atoms with Crippen molar-refractivity contribution in [2.45, 2.75) is 12.8 Å². The molecule has 0 saturated carbocycles. The largest absolute Gasteiger partial charge is 0.497 e. The van der Waals surface area contributed by atoms with Crippen LogP contribution in [0.3, 0.4) is 0 Å². The Morgan fingerprint density at radius 1 is 1.25 bits per heavy atom. The van der Waals surface area contributed by atoms with E-state index in [4.69, 9.17) is 10.5 Å². The van der Waals surface area contributed by atoms with Gasteiger partial charge in [-0.2, -0.15) is 0 Å². The Balaban J connectivity index is 2.25. The molecule has 0 aliphatic carbocycles. The summed E-state index contributed by atoms with van der Waals surface area (Å²) in [6.45, 7) is 2.86. The Hall–Kier alpha value is -2.07. The Kier molecular flexibility index (Phi) is 4.58. The lowest BCUT2D eigenvalue weighted by Crippen LogP contribution is -2.32. The van der Waals surface area contributed by atoms with Crippen LogP contribution in [0.4, 0.5) is 0 Å². The van der Waals surface area contributed by atoms with Crippen LogP contribution in [-0.4, -0.2) is 26.1 Å². The summed E-state index contributed by atoms with van der Waals surface area (Å²) in [6, 6.07) is 11.9. The monoisotopic (exact) mass is 272 g/mol. The predicted molar refractivity (Wildman–Crippen MR) is 81.0 cm³/mol. The number of hydrogen-bond donors (Lipinski definition) is 2. The molecule has 1 amide bonds. The number of carbonyl (C=O) groups excluding carboxylic acids is 1. The summed E-state index contributed by atoms with van der Waals surface area (Å²) in [7, 11) is 1.65. The van der Waals surface area contributed by atoms with Crippen molar-refractivity contribution in [2.75, 3.05) is 20.2 Å². The van der Waals surface area contributed by atoms with Crippen molar-refractivity contribution in [1.29, 1.82) is 0 Å². The molecule has 1 atom stereocenters. The van der Waals surface area contributed by atoms with E-state index in [1.54, 1.807) is 7.11 Å². The summed E-state index contributed by atoms with van der Waals surface area (Å²) in [4.78, 5) is 12.0. The van der Waals surface area contributed by atoms with Crippen molar-refractivity contribution in [3.8, 4) is 5.75 Å². The van der Waals surface area contributed by atoms with Crippen molar-refractivity contribution in [3.63, 3.8) is 0 Å². The molecule has 0 heterocycles. The van der Waals surface area contributed by atoms with Crippen molar-refractivity contribution in [2.24, 2.45) is 5.73 Å². The van der Waals surface area contributed by atoms with E-state index < -0.39 is 0 Å². The fraction of sp³-hybridized carbons (Fsp3) is 0.312. The number of hydrogen-bond acceptors (Lipinski definition) is 3. The fourth-order valence-electron chi connectivity index (χ4n) is 2.14. The van der Waals surface area contributed by atoms with Crippen molar-refractivity contribution in [3.05, 3.63) is 42.0 Å². The van der Waals surface area contributed by atoms with E-state index in [0.717, 1.165) is 22.1 Å². The minimum absolute atomic E-state index is 0.00307. The smallest absolute Gasteiger partial charge is 0.227 e. The lowest BCUT2D eigenvalue weighted by molar-refractivity contribution is -0.122. The van der Waals surface area contributed by atoms with Gasteiger partial charge in [0, 0.05) is 13.1 Å². The van der Waals surface area contributed by atoms with Crippen LogP contribution >= 0.6 is 0 Å². The predicted octanol–water partition coefficient (Wildman–Crippen LogP) is 2.03. The normalized spacial score (nSPS) is 12.2. The molecule has 0 saturated heterocycles. The summed E-state index contributed by atoms with van der Waals surface area (Å²) in [5.74, 6) is 0.648. The van der Waals surface area contributed by atoms with Crippen LogP contribution in [0.2, 0.25) is 0 Å². The zero-order chi connectivity index (χ0) is 14.5. The summed E-state index contributed by atoms with van der Waals surface area (Å²) >= 11 is 0. The second-order valence-electron chi connectivity index (χ2n) is 4.77. The zero-order valence-electron chi connectivity index (χ0n) is 11.8. The molecular weight excluding hydrogens is 252 g/mol. The molecule has 3 N–H and O–H groups in total. The number of amides is 1. The van der Waals surface area contributed by atoms with Crippen LogP contribution in [0.15, 0.2) is 36.4 Å². The Bertz CT molecular complexity index is 610. The van der Waals surface area contributed by atoms with Gasteiger partial charge in [0.05, 0.1) is 13.0 Å². The first-order valence-electron chi connectivity index (χ1n) is 6.71. The minimum Gasteiger partial charge on any atom is -0.497 e. The lowest BCUT2D eigenvalue weighted by atomic mass is 9.97. The van der Waals surface area contributed by atoms with Crippen molar-refractivity contribution < 1.29 is 9.53 Å². The van der Waals surface area contributed by atoms with Crippen molar-refractivity contribution in [1.82, 2.24) is 5.32 Å². The molecule has 4 heteroatoms. The van der Waals surface area contributed by atoms with E-state index in [9.17, 15) is 4.79 Å². The van der Waals surface area contributed by atoms with Gasteiger partial charge in [-0.3, -0.25) is 4.79 Å². The first kappa shape index (κ1) is 14.3. The maximum absolute atomic E-state index is 12.0. The number of carbonyl (C=O) groups is 1. The molecule has 1 unspecified atom stereocenters. The molecule has 0 spiro atoms. The maximum Gasteiger partial charge on any atom is 0.227 e. The van der Waals surface area contributed by atoms with Crippen LogP contribution in [0.5, 0.6) is 5.75 Å². The van der Waals surface area contributed by atoms with Gasteiger partial charge in [-0.15, -0.1) is 0 Å². The highest BCUT2D eigenvalue weighted by Crippen LogP contribution is 2.25. The lowest BCUT2D eigenvalue weighted by Gasteiger charge is -2.13. The highest BCUT2D eigenvalue weighted by molar-refractivity contribution is 5.88. The molecule has 0 aliphatic heterocycles. The minimum atomic E-state index is -0.187. The summed E-state index contributed by atoms with van der Waals surface area (Å²) in [5.41, 5.74) is 6.39. The molecule has 2 rings (SSSR count). The molecule has 0 aromatic heterocycles. The standard InChI is InChI=1S/C16H20N2O2/c1-11(16(19)18-8-7-17)12-3-4-14-10-15(20-2)6-5-13(14)9-12/h3-6,9-11H,7-8,17H2,1-2H3,(H,18,19). The number of nitrogens with two attached hydrogens (primary N) is 1. The molecular formula is C16H20N2O2. The molecule has 0 bridgehead atoms. The van der Waals surface area contributed by atoms with E-state index in [1.165, 1.54) is 0 Å². The van der Waals surface area contributed by atoms with Crippen molar-refractivity contribution >= 4 is 16.7 Å². The zero-order valence-corrected chi connectivity index (χ0v) is 11.8. The molecule has 0 fully saturated rings. The maximum atomic E-state index is 12.0. The molecule has 0 radical (unpaired) electrons. The highest BCUT2D eigenvalue weighted by Gasteiger charge is 2.14. The average molecular weight is 272 g/mol. The van der Waals surface area contributed by atoms with Gasteiger partial charge in [0.25, 0.3) is 0 Å². The third-order valence-corrected chi connectivity index (χ3v) is 3.41. The molecule has 20 heavy (non-hydrogen) atoms. The number of fused-ring (bicyclic) bond motifs is 1. The van der Waals surface area contributed by atoms with Gasteiger partial charge < -0.3 is 15.8 Å².